The number of thiazole rings is 1. The van der Waals surface area contributed by atoms with Gasteiger partial charge in [-0.2, -0.15) is 0 Å². The van der Waals surface area contributed by atoms with Gasteiger partial charge in [-0.1, -0.05) is 0 Å². The van der Waals surface area contributed by atoms with E-state index in [4.69, 9.17) is 0 Å². The number of hydrogen-bond donors (Lipinski definition) is 1. The van der Waals surface area contributed by atoms with Gasteiger partial charge in [0.15, 0.2) is 0 Å². The number of carbonyl (C=O) groups is 1. The average Bonchev–Trinajstić information content (AvgIpc) is 3.15. The Morgan fingerprint density at radius 3 is 2.70 bits per heavy atom. The van der Waals surface area contributed by atoms with Crippen LogP contribution in [0.4, 0.5) is 4.39 Å². The third kappa shape index (κ3) is 4.24. The summed E-state index contributed by atoms with van der Waals surface area (Å²) in [7, 11) is 0. The van der Waals surface area contributed by atoms with E-state index in [1.807, 2.05) is 24.4 Å². The van der Waals surface area contributed by atoms with E-state index in [9.17, 15) is 9.18 Å². The molecule has 3 rings (SSSR count). The second-order valence-electron chi connectivity index (χ2n) is 5.12. The van der Waals surface area contributed by atoms with Gasteiger partial charge in [0.25, 0.3) is 0 Å². The van der Waals surface area contributed by atoms with Crippen LogP contribution in [0.25, 0.3) is 10.6 Å². The Morgan fingerprint density at radius 2 is 2.00 bits per heavy atom. The minimum absolute atomic E-state index is 0.0491. The molecule has 0 aliphatic carbocycles. The van der Waals surface area contributed by atoms with Crippen molar-refractivity contribution in [3.05, 3.63) is 63.0 Å². The summed E-state index contributed by atoms with van der Waals surface area (Å²) < 4.78 is 12.9. The van der Waals surface area contributed by atoms with Crippen molar-refractivity contribution in [2.45, 2.75) is 19.9 Å². The first-order chi connectivity index (χ1) is 11.1. The molecule has 1 N–H and O–H groups in total. The van der Waals surface area contributed by atoms with Crippen molar-refractivity contribution in [2.24, 2.45) is 0 Å². The molecule has 3 aromatic rings. The Balaban J connectivity index is 1.58. The maximum absolute atomic E-state index is 12.9. The Bertz CT molecular complexity index is 808. The molecule has 3 nitrogen and oxygen atoms in total. The molecular weight excluding hydrogens is 331 g/mol. The highest BCUT2D eigenvalue weighted by atomic mass is 32.1. The SMILES string of the molecule is Cc1ccc(CNC(=O)Cc2csc(-c3ccc(F)cc3)n2)s1. The van der Waals surface area contributed by atoms with Crippen molar-refractivity contribution in [1.82, 2.24) is 10.3 Å². The molecule has 0 spiro atoms. The molecule has 0 unspecified atom stereocenters. The van der Waals surface area contributed by atoms with Crippen molar-refractivity contribution >= 4 is 28.6 Å². The number of aromatic nitrogens is 1. The molecule has 2 heterocycles. The first-order valence-corrected chi connectivity index (χ1v) is 8.82. The molecule has 1 aromatic carbocycles. The van der Waals surface area contributed by atoms with E-state index in [0.29, 0.717) is 6.54 Å². The Labute approximate surface area is 141 Å². The lowest BCUT2D eigenvalue weighted by atomic mass is 10.2. The van der Waals surface area contributed by atoms with Crippen molar-refractivity contribution in [1.29, 1.82) is 0 Å². The van der Waals surface area contributed by atoms with Gasteiger partial charge in [-0.15, -0.1) is 22.7 Å². The number of carbonyl (C=O) groups excluding carboxylic acids is 1. The third-order valence-corrected chi connectivity index (χ3v) is 5.18. The predicted octanol–water partition coefficient (Wildman–Crippen LogP) is 4.18. The molecule has 23 heavy (non-hydrogen) atoms. The molecule has 1 amide bonds. The van der Waals surface area contributed by atoms with E-state index in [-0.39, 0.29) is 18.1 Å². The van der Waals surface area contributed by atoms with Gasteiger partial charge in [0.05, 0.1) is 18.7 Å². The Morgan fingerprint density at radius 1 is 1.22 bits per heavy atom. The van der Waals surface area contributed by atoms with Crippen LogP contribution in [0.3, 0.4) is 0 Å². The zero-order valence-electron chi connectivity index (χ0n) is 12.5. The van der Waals surface area contributed by atoms with E-state index in [2.05, 4.69) is 10.3 Å². The summed E-state index contributed by atoms with van der Waals surface area (Å²) in [6.45, 7) is 2.59. The van der Waals surface area contributed by atoms with Gasteiger partial charge in [-0.3, -0.25) is 4.79 Å². The normalized spacial score (nSPS) is 10.7. The van der Waals surface area contributed by atoms with Gasteiger partial charge >= 0.3 is 0 Å². The van der Waals surface area contributed by atoms with E-state index in [1.165, 1.54) is 28.3 Å². The number of thiophene rings is 1. The summed E-state index contributed by atoms with van der Waals surface area (Å²) in [5.41, 5.74) is 1.59. The molecule has 0 saturated carbocycles. The minimum atomic E-state index is -0.270. The molecule has 6 heteroatoms. The van der Waals surface area contributed by atoms with Gasteiger partial charge in [0, 0.05) is 20.7 Å². The van der Waals surface area contributed by atoms with E-state index in [0.717, 1.165) is 21.1 Å². The molecule has 0 saturated heterocycles. The highest BCUT2D eigenvalue weighted by Crippen LogP contribution is 2.24. The third-order valence-electron chi connectivity index (χ3n) is 3.24. The molecule has 0 atom stereocenters. The predicted molar refractivity (Wildman–Crippen MR) is 92.1 cm³/mol. The molecular formula is C17H15FN2OS2. The Hall–Kier alpha value is -2.05. The van der Waals surface area contributed by atoms with Crippen LogP contribution in [-0.2, 0) is 17.8 Å². The zero-order chi connectivity index (χ0) is 16.2. The molecule has 2 aromatic heterocycles. The van der Waals surface area contributed by atoms with Crippen LogP contribution in [0.15, 0.2) is 41.8 Å². The summed E-state index contributed by atoms with van der Waals surface area (Å²) in [4.78, 5) is 18.8. The number of rotatable bonds is 5. The Kier molecular flexibility index (Phi) is 4.83. The van der Waals surface area contributed by atoms with Crippen molar-refractivity contribution in [3.63, 3.8) is 0 Å². The quantitative estimate of drug-likeness (QED) is 0.753. The zero-order valence-corrected chi connectivity index (χ0v) is 14.1. The molecule has 0 bridgehead atoms. The van der Waals surface area contributed by atoms with Gasteiger partial charge in [-0.25, -0.2) is 9.37 Å². The van der Waals surface area contributed by atoms with Crippen molar-refractivity contribution < 1.29 is 9.18 Å². The van der Waals surface area contributed by atoms with E-state index < -0.39 is 0 Å². The van der Waals surface area contributed by atoms with Crippen LogP contribution in [-0.4, -0.2) is 10.9 Å². The van der Waals surface area contributed by atoms with Crippen LogP contribution in [0.2, 0.25) is 0 Å². The summed E-state index contributed by atoms with van der Waals surface area (Å²) in [5, 5.41) is 5.57. The van der Waals surface area contributed by atoms with Crippen LogP contribution >= 0.6 is 22.7 Å². The fourth-order valence-corrected chi connectivity index (χ4v) is 3.76. The summed E-state index contributed by atoms with van der Waals surface area (Å²) in [5.74, 6) is -0.319. The monoisotopic (exact) mass is 346 g/mol. The van der Waals surface area contributed by atoms with E-state index in [1.54, 1.807) is 23.5 Å². The first-order valence-electron chi connectivity index (χ1n) is 7.12. The number of hydrogen-bond acceptors (Lipinski definition) is 4. The molecule has 0 aliphatic rings. The summed E-state index contributed by atoms with van der Waals surface area (Å²) in [6.07, 6.45) is 0.252. The number of nitrogens with zero attached hydrogens (tertiary/aromatic N) is 1. The smallest absolute Gasteiger partial charge is 0.226 e. The number of aryl methyl sites for hydroxylation is 1. The van der Waals surface area contributed by atoms with Gasteiger partial charge < -0.3 is 5.32 Å². The lowest BCUT2D eigenvalue weighted by molar-refractivity contribution is -0.120. The maximum atomic E-state index is 12.9. The summed E-state index contributed by atoms with van der Waals surface area (Å²) in [6, 6.07) is 10.3. The fraction of sp³-hybridized carbons (Fsp3) is 0.176. The topological polar surface area (TPSA) is 42.0 Å². The van der Waals surface area contributed by atoms with Crippen LogP contribution < -0.4 is 5.32 Å². The summed E-state index contributed by atoms with van der Waals surface area (Å²) >= 11 is 3.14. The average molecular weight is 346 g/mol. The second kappa shape index (κ2) is 7.02. The van der Waals surface area contributed by atoms with Crippen LogP contribution in [0.5, 0.6) is 0 Å². The van der Waals surface area contributed by atoms with Gasteiger partial charge in [0.2, 0.25) is 5.91 Å². The van der Waals surface area contributed by atoms with Gasteiger partial charge in [0.1, 0.15) is 10.8 Å². The largest absolute Gasteiger partial charge is 0.351 e. The lowest BCUT2D eigenvalue weighted by Crippen LogP contribution is -2.24. The molecule has 0 fully saturated rings. The number of nitrogens with one attached hydrogen (secondary N) is 1. The fourth-order valence-electron chi connectivity index (χ4n) is 2.11. The highest BCUT2D eigenvalue weighted by Gasteiger charge is 2.09. The van der Waals surface area contributed by atoms with Gasteiger partial charge in [-0.05, 0) is 43.3 Å². The number of amides is 1. The van der Waals surface area contributed by atoms with E-state index >= 15 is 0 Å². The lowest BCUT2D eigenvalue weighted by Gasteiger charge is -2.01. The second-order valence-corrected chi connectivity index (χ2v) is 7.35. The van der Waals surface area contributed by atoms with Crippen molar-refractivity contribution in [3.8, 4) is 10.6 Å². The minimum Gasteiger partial charge on any atom is -0.351 e. The van der Waals surface area contributed by atoms with Crippen LogP contribution in [0, 0.1) is 12.7 Å². The molecule has 118 valence electrons. The maximum Gasteiger partial charge on any atom is 0.226 e. The van der Waals surface area contributed by atoms with Crippen LogP contribution in [0.1, 0.15) is 15.4 Å². The standard InChI is InChI=1S/C17H15FN2OS2/c1-11-2-7-15(23-11)9-19-16(21)8-14-10-22-17(20-14)12-3-5-13(18)6-4-12/h2-7,10H,8-9H2,1H3,(H,19,21). The number of halogens is 1. The molecule has 0 radical (unpaired) electrons. The van der Waals surface area contributed by atoms with Crippen molar-refractivity contribution in [2.75, 3.05) is 0 Å². The molecule has 0 aliphatic heterocycles. The highest BCUT2D eigenvalue weighted by molar-refractivity contribution is 7.13. The first kappa shape index (κ1) is 15.8. The number of benzene rings is 1.